The Morgan fingerprint density at radius 2 is 2.25 bits per heavy atom. The van der Waals surface area contributed by atoms with Gasteiger partial charge in [0.05, 0.1) is 5.41 Å². The van der Waals surface area contributed by atoms with E-state index in [0.717, 1.165) is 44.3 Å². The summed E-state index contributed by atoms with van der Waals surface area (Å²) in [6, 6.07) is 6.54. The van der Waals surface area contributed by atoms with Crippen LogP contribution in [0.4, 0.5) is 4.39 Å². The Kier molecular flexibility index (Phi) is 3.50. The van der Waals surface area contributed by atoms with Crippen molar-refractivity contribution in [2.24, 2.45) is 11.7 Å². The van der Waals surface area contributed by atoms with E-state index in [1.54, 1.807) is 6.07 Å². The van der Waals surface area contributed by atoms with E-state index in [9.17, 15) is 9.18 Å². The van der Waals surface area contributed by atoms with Crippen molar-refractivity contribution >= 4 is 5.91 Å². The lowest BCUT2D eigenvalue weighted by molar-refractivity contribution is -0.140. The molecule has 4 heteroatoms. The van der Waals surface area contributed by atoms with Gasteiger partial charge in [-0.3, -0.25) is 4.79 Å². The van der Waals surface area contributed by atoms with E-state index in [0.29, 0.717) is 12.5 Å². The Balaban J connectivity index is 1.84. The van der Waals surface area contributed by atoms with Crippen LogP contribution in [0.3, 0.4) is 0 Å². The molecule has 1 saturated heterocycles. The minimum atomic E-state index is -0.481. The first-order valence-electron chi connectivity index (χ1n) is 7.41. The number of hydrogen-bond donors (Lipinski definition) is 1. The molecule has 1 aromatic rings. The summed E-state index contributed by atoms with van der Waals surface area (Å²) >= 11 is 0. The van der Waals surface area contributed by atoms with Crippen molar-refractivity contribution < 1.29 is 9.18 Å². The van der Waals surface area contributed by atoms with Crippen LogP contribution in [0.2, 0.25) is 0 Å². The van der Waals surface area contributed by atoms with Crippen LogP contribution in [0, 0.1) is 11.7 Å². The summed E-state index contributed by atoms with van der Waals surface area (Å²) in [7, 11) is 0. The zero-order chi connectivity index (χ0) is 14.2. The van der Waals surface area contributed by atoms with E-state index < -0.39 is 5.41 Å². The van der Waals surface area contributed by atoms with Crippen molar-refractivity contribution in [1.82, 2.24) is 4.90 Å². The van der Waals surface area contributed by atoms with Gasteiger partial charge in [0.15, 0.2) is 0 Å². The summed E-state index contributed by atoms with van der Waals surface area (Å²) in [5.74, 6) is 0.330. The van der Waals surface area contributed by atoms with Crippen LogP contribution >= 0.6 is 0 Å². The summed E-state index contributed by atoms with van der Waals surface area (Å²) in [5.41, 5.74) is 6.05. The molecule has 1 aliphatic carbocycles. The number of benzene rings is 1. The summed E-state index contributed by atoms with van der Waals surface area (Å²) in [4.78, 5) is 14.8. The molecule has 20 heavy (non-hydrogen) atoms. The molecule has 2 aliphatic rings. The quantitative estimate of drug-likeness (QED) is 0.918. The summed E-state index contributed by atoms with van der Waals surface area (Å²) in [6.45, 7) is 2.18. The molecular weight excluding hydrogens is 255 g/mol. The lowest BCUT2D eigenvalue weighted by atomic mass is 9.63. The fraction of sp³-hybridized carbons (Fsp3) is 0.562. The lowest BCUT2D eigenvalue weighted by Gasteiger charge is -2.43. The van der Waals surface area contributed by atoms with Gasteiger partial charge in [-0.2, -0.15) is 0 Å². The molecule has 1 amide bonds. The highest BCUT2D eigenvalue weighted by molar-refractivity contribution is 5.89. The van der Waals surface area contributed by atoms with E-state index in [-0.39, 0.29) is 11.7 Å². The maximum Gasteiger partial charge on any atom is 0.233 e. The number of nitrogens with zero attached hydrogens (tertiary/aromatic N) is 1. The van der Waals surface area contributed by atoms with E-state index in [4.69, 9.17) is 5.73 Å². The van der Waals surface area contributed by atoms with Crippen LogP contribution in [0.5, 0.6) is 0 Å². The Labute approximate surface area is 118 Å². The average Bonchev–Trinajstić information content (AvgIpc) is 2.86. The molecule has 0 radical (unpaired) electrons. The molecule has 1 heterocycles. The predicted molar refractivity (Wildman–Crippen MR) is 75.7 cm³/mol. The highest BCUT2D eigenvalue weighted by atomic mass is 19.1. The fourth-order valence-corrected chi connectivity index (χ4v) is 3.45. The van der Waals surface area contributed by atoms with Crippen LogP contribution in [0.1, 0.15) is 31.2 Å². The van der Waals surface area contributed by atoms with Crippen LogP contribution in [-0.4, -0.2) is 30.4 Å². The molecule has 1 aliphatic heterocycles. The molecule has 108 valence electrons. The average molecular weight is 276 g/mol. The number of carbonyl (C=O) groups is 1. The molecule has 3 nitrogen and oxygen atoms in total. The molecule has 3 rings (SSSR count). The van der Waals surface area contributed by atoms with Gasteiger partial charge in [0.2, 0.25) is 5.91 Å². The highest BCUT2D eigenvalue weighted by Gasteiger charge is 2.48. The van der Waals surface area contributed by atoms with Gasteiger partial charge < -0.3 is 10.6 Å². The molecule has 1 aromatic carbocycles. The van der Waals surface area contributed by atoms with Crippen molar-refractivity contribution in [3.8, 4) is 0 Å². The lowest BCUT2D eigenvalue weighted by Crippen LogP contribution is -2.50. The molecule has 0 spiro atoms. The number of nitrogens with two attached hydrogens (primary N) is 1. The fourth-order valence-electron chi connectivity index (χ4n) is 3.45. The largest absolute Gasteiger partial charge is 0.342 e. The van der Waals surface area contributed by atoms with Crippen molar-refractivity contribution in [2.75, 3.05) is 19.6 Å². The van der Waals surface area contributed by atoms with Gasteiger partial charge in [0.1, 0.15) is 5.82 Å². The minimum Gasteiger partial charge on any atom is -0.342 e. The predicted octanol–water partition coefficient (Wildman–Crippen LogP) is 2.05. The van der Waals surface area contributed by atoms with Crippen molar-refractivity contribution in [1.29, 1.82) is 0 Å². The van der Waals surface area contributed by atoms with E-state index in [1.807, 2.05) is 11.0 Å². The topological polar surface area (TPSA) is 46.3 Å². The number of halogens is 1. The molecule has 0 bridgehead atoms. The second kappa shape index (κ2) is 5.17. The molecule has 0 aromatic heterocycles. The Bertz CT molecular complexity index is 513. The number of likely N-dealkylation sites (tertiary alicyclic amines) is 1. The number of amides is 1. The third kappa shape index (κ3) is 2.12. The third-order valence-electron chi connectivity index (χ3n) is 4.90. The first kappa shape index (κ1) is 13.6. The van der Waals surface area contributed by atoms with Gasteiger partial charge in [0.25, 0.3) is 0 Å². The van der Waals surface area contributed by atoms with Crippen molar-refractivity contribution in [2.45, 2.75) is 31.1 Å². The Hall–Kier alpha value is -1.42. The van der Waals surface area contributed by atoms with Crippen LogP contribution < -0.4 is 5.73 Å². The van der Waals surface area contributed by atoms with E-state index in [2.05, 4.69) is 0 Å². The zero-order valence-corrected chi connectivity index (χ0v) is 11.6. The van der Waals surface area contributed by atoms with Gasteiger partial charge in [-0.1, -0.05) is 18.6 Å². The van der Waals surface area contributed by atoms with E-state index in [1.165, 1.54) is 12.1 Å². The summed E-state index contributed by atoms with van der Waals surface area (Å²) in [5, 5.41) is 0. The minimum absolute atomic E-state index is 0.172. The van der Waals surface area contributed by atoms with Gasteiger partial charge in [-0.05, 0) is 49.4 Å². The SMILES string of the molecule is NCC1CCN(C(=O)C2(c3cccc(F)c3)CCC2)C1. The second-order valence-corrected chi connectivity index (χ2v) is 6.09. The van der Waals surface area contributed by atoms with Crippen LogP contribution in [-0.2, 0) is 10.2 Å². The normalized spacial score (nSPS) is 24.5. The maximum atomic E-state index is 13.5. The van der Waals surface area contributed by atoms with Crippen molar-refractivity contribution in [3.63, 3.8) is 0 Å². The molecular formula is C16H21FN2O. The second-order valence-electron chi connectivity index (χ2n) is 6.09. The standard InChI is InChI=1S/C16H21FN2O/c17-14-4-1-3-13(9-14)16(6-2-7-16)15(20)19-8-5-12(10-18)11-19/h1,3-4,9,12H,2,5-8,10-11,18H2. The van der Waals surface area contributed by atoms with Gasteiger partial charge in [-0.25, -0.2) is 4.39 Å². The molecule has 1 atom stereocenters. The van der Waals surface area contributed by atoms with Gasteiger partial charge in [0, 0.05) is 13.1 Å². The monoisotopic (exact) mass is 276 g/mol. The number of rotatable bonds is 3. The Morgan fingerprint density at radius 3 is 2.80 bits per heavy atom. The van der Waals surface area contributed by atoms with Crippen LogP contribution in [0.25, 0.3) is 0 Å². The smallest absolute Gasteiger partial charge is 0.233 e. The van der Waals surface area contributed by atoms with Gasteiger partial charge >= 0.3 is 0 Å². The number of carbonyl (C=O) groups excluding carboxylic acids is 1. The van der Waals surface area contributed by atoms with Gasteiger partial charge in [-0.15, -0.1) is 0 Å². The number of hydrogen-bond acceptors (Lipinski definition) is 2. The maximum absolute atomic E-state index is 13.5. The van der Waals surface area contributed by atoms with Crippen molar-refractivity contribution in [3.05, 3.63) is 35.6 Å². The van der Waals surface area contributed by atoms with Crippen LogP contribution in [0.15, 0.2) is 24.3 Å². The third-order valence-corrected chi connectivity index (χ3v) is 4.90. The first-order valence-corrected chi connectivity index (χ1v) is 7.41. The van der Waals surface area contributed by atoms with E-state index >= 15 is 0 Å². The zero-order valence-electron chi connectivity index (χ0n) is 11.6. The molecule has 1 saturated carbocycles. The molecule has 1 unspecified atom stereocenters. The molecule has 2 N–H and O–H groups in total. The first-order chi connectivity index (χ1) is 9.65. The molecule has 2 fully saturated rings. The summed E-state index contributed by atoms with van der Waals surface area (Å²) in [6.07, 6.45) is 3.69. The summed E-state index contributed by atoms with van der Waals surface area (Å²) < 4.78 is 13.5. The Morgan fingerprint density at radius 1 is 1.45 bits per heavy atom. The highest BCUT2D eigenvalue weighted by Crippen LogP contribution is 2.46.